The summed E-state index contributed by atoms with van der Waals surface area (Å²) in [5.74, 6) is 0.738. The Morgan fingerprint density at radius 2 is 1.77 bits per heavy atom. The number of ether oxygens (including phenoxy) is 1. The first kappa shape index (κ1) is 26.1. The van der Waals surface area contributed by atoms with Gasteiger partial charge in [-0.05, 0) is 65.4 Å². The van der Waals surface area contributed by atoms with Crippen LogP contribution in [0.3, 0.4) is 0 Å². The summed E-state index contributed by atoms with van der Waals surface area (Å²) in [6, 6.07) is 33.2. The van der Waals surface area contributed by atoms with Gasteiger partial charge in [-0.2, -0.15) is 10.4 Å². The van der Waals surface area contributed by atoms with Gasteiger partial charge in [0.15, 0.2) is 0 Å². The van der Waals surface area contributed by atoms with Gasteiger partial charge < -0.3 is 9.15 Å². The van der Waals surface area contributed by atoms with E-state index in [2.05, 4.69) is 6.07 Å². The Balaban J connectivity index is 1.32. The second-order valence-electron chi connectivity index (χ2n) is 9.80. The number of benzene rings is 4. The van der Waals surface area contributed by atoms with E-state index in [1.165, 1.54) is 11.3 Å². The second-order valence-corrected chi connectivity index (χ2v) is 10.7. The van der Waals surface area contributed by atoms with Gasteiger partial charge >= 0.3 is 5.63 Å². The lowest BCUT2D eigenvalue weighted by Crippen LogP contribution is -2.03. The van der Waals surface area contributed by atoms with Gasteiger partial charge in [0, 0.05) is 28.1 Å². The maximum Gasteiger partial charge on any atom is 0.345 e. The van der Waals surface area contributed by atoms with Crippen LogP contribution in [-0.2, 0) is 0 Å². The monoisotopic (exact) mass is 578 g/mol. The lowest BCUT2D eigenvalue weighted by Gasteiger charge is -2.04. The number of fused-ring (bicyclic) bond motifs is 3. The van der Waals surface area contributed by atoms with E-state index in [0.29, 0.717) is 33.1 Å². The predicted octanol–water partition coefficient (Wildman–Crippen LogP) is 8.00. The number of para-hydroxylation sites is 1. The number of nitriles is 1. The molecule has 0 aliphatic carbocycles. The zero-order chi connectivity index (χ0) is 29.3. The normalized spacial score (nSPS) is 11.6. The first-order chi connectivity index (χ1) is 21.1. The first-order valence-electron chi connectivity index (χ1n) is 13.4. The van der Waals surface area contributed by atoms with Crippen LogP contribution in [0.4, 0.5) is 0 Å². The smallest absolute Gasteiger partial charge is 0.345 e. The summed E-state index contributed by atoms with van der Waals surface area (Å²) < 4.78 is 12.8. The fourth-order valence-electron chi connectivity index (χ4n) is 5.05. The van der Waals surface area contributed by atoms with Gasteiger partial charge in [0.05, 0.1) is 35.3 Å². The topological polar surface area (TPSA) is 93.9 Å². The molecule has 0 saturated heterocycles. The van der Waals surface area contributed by atoms with Crippen molar-refractivity contribution < 1.29 is 9.15 Å². The summed E-state index contributed by atoms with van der Waals surface area (Å²) in [5, 5.41) is 20.2. The molecular formula is C35H22N4O3S. The van der Waals surface area contributed by atoms with Crippen molar-refractivity contribution in [2.24, 2.45) is 0 Å². The van der Waals surface area contributed by atoms with Crippen LogP contribution >= 0.6 is 11.3 Å². The molecule has 0 radical (unpaired) electrons. The van der Waals surface area contributed by atoms with E-state index in [1.807, 2.05) is 103 Å². The Hall–Kier alpha value is -5.78. The maximum atomic E-state index is 13.0. The molecule has 0 spiro atoms. The third-order valence-corrected chi connectivity index (χ3v) is 8.08. The van der Waals surface area contributed by atoms with Gasteiger partial charge in [-0.25, -0.2) is 14.5 Å². The SMILES string of the molecule is COc1ccc(-c2nn(-c3ccccc3)cc2C=C(C#N)c2nc(-c3cc4c(ccc5ccccc54)oc3=O)cs2)cc1. The molecule has 0 atom stereocenters. The van der Waals surface area contributed by atoms with E-state index in [0.717, 1.165) is 38.7 Å². The van der Waals surface area contributed by atoms with E-state index < -0.39 is 5.63 Å². The van der Waals surface area contributed by atoms with Crippen LogP contribution in [-0.4, -0.2) is 21.9 Å². The predicted molar refractivity (Wildman–Crippen MR) is 170 cm³/mol. The average molecular weight is 579 g/mol. The van der Waals surface area contributed by atoms with Crippen molar-refractivity contribution in [2.75, 3.05) is 7.11 Å². The van der Waals surface area contributed by atoms with E-state index in [-0.39, 0.29) is 0 Å². The molecule has 3 heterocycles. The standard InChI is InChI=1S/C35H22N4O3S/c1-41-27-14-11-23(12-15-27)33-25(20-39(38-33)26-8-3-2-4-9-26)17-24(19-36)34-37-31(21-43-34)30-18-29-28-10-6-5-7-22(28)13-16-32(29)42-35(30)40/h2-18,20-21H,1H3. The van der Waals surface area contributed by atoms with E-state index in [4.69, 9.17) is 19.2 Å². The van der Waals surface area contributed by atoms with E-state index in [1.54, 1.807) is 23.2 Å². The molecule has 0 fully saturated rings. The van der Waals surface area contributed by atoms with Crippen molar-refractivity contribution in [3.05, 3.63) is 130 Å². The summed E-state index contributed by atoms with van der Waals surface area (Å²) in [5.41, 5.74) is 4.42. The number of hydrogen-bond donors (Lipinski definition) is 0. The van der Waals surface area contributed by atoms with Crippen molar-refractivity contribution in [3.8, 4) is 40.0 Å². The zero-order valence-corrected chi connectivity index (χ0v) is 23.7. The Bertz CT molecular complexity index is 2260. The summed E-state index contributed by atoms with van der Waals surface area (Å²) in [6.45, 7) is 0. The molecule has 7 rings (SSSR count). The van der Waals surface area contributed by atoms with Crippen LogP contribution in [0.15, 0.2) is 118 Å². The molecule has 8 heteroatoms. The van der Waals surface area contributed by atoms with Gasteiger partial charge in [-0.15, -0.1) is 11.3 Å². The molecule has 43 heavy (non-hydrogen) atoms. The molecule has 0 amide bonds. The lowest BCUT2D eigenvalue weighted by atomic mass is 10.0. The quantitative estimate of drug-likeness (QED) is 0.113. The minimum absolute atomic E-state index is 0.347. The largest absolute Gasteiger partial charge is 0.497 e. The molecule has 3 aromatic heterocycles. The zero-order valence-electron chi connectivity index (χ0n) is 22.9. The Labute approximate surface area is 250 Å². The van der Waals surface area contributed by atoms with E-state index >= 15 is 0 Å². The highest BCUT2D eigenvalue weighted by Crippen LogP contribution is 2.32. The Morgan fingerprint density at radius 3 is 2.56 bits per heavy atom. The minimum Gasteiger partial charge on any atom is -0.497 e. The number of methoxy groups -OCH3 is 1. The molecule has 0 N–H and O–H groups in total. The number of hydrogen-bond acceptors (Lipinski definition) is 7. The summed E-state index contributed by atoms with van der Waals surface area (Å²) in [6.07, 6.45) is 3.68. The molecule has 0 aliphatic heterocycles. The van der Waals surface area contributed by atoms with Crippen molar-refractivity contribution in [1.29, 1.82) is 5.26 Å². The van der Waals surface area contributed by atoms with Crippen molar-refractivity contribution in [3.63, 3.8) is 0 Å². The van der Waals surface area contributed by atoms with E-state index in [9.17, 15) is 10.1 Å². The molecule has 7 nitrogen and oxygen atoms in total. The highest BCUT2D eigenvalue weighted by molar-refractivity contribution is 7.11. The first-order valence-corrected chi connectivity index (χ1v) is 14.3. The number of aromatic nitrogens is 3. The fraction of sp³-hybridized carbons (Fsp3) is 0.0286. The average Bonchev–Trinajstić information content (AvgIpc) is 3.72. The van der Waals surface area contributed by atoms with Crippen molar-refractivity contribution in [2.45, 2.75) is 0 Å². The van der Waals surface area contributed by atoms with Gasteiger partial charge in [0.25, 0.3) is 0 Å². The number of nitrogens with zero attached hydrogens (tertiary/aromatic N) is 4. The highest BCUT2D eigenvalue weighted by Gasteiger charge is 2.17. The van der Waals surface area contributed by atoms with Crippen LogP contribution in [0.1, 0.15) is 10.6 Å². The molecule has 0 unspecified atom stereocenters. The van der Waals surface area contributed by atoms with Crippen molar-refractivity contribution in [1.82, 2.24) is 14.8 Å². The van der Waals surface area contributed by atoms with Gasteiger partial charge in [0.2, 0.25) is 0 Å². The molecule has 0 bridgehead atoms. The van der Waals surface area contributed by atoms with Crippen LogP contribution < -0.4 is 10.4 Å². The molecule has 0 aliphatic rings. The van der Waals surface area contributed by atoms with Gasteiger partial charge in [-0.3, -0.25) is 0 Å². The van der Waals surface area contributed by atoms with Crippen LogP contribution in [0.25, 0.3) is 61.6 Å². The third kappa shape index (κ3) is 4.88. The fourth-order valence-corrected chi connectivity index (χ4v) is 5.83. The summed E-state index contributed by atoms with van der Waals surface area (Å²) >= 11 is 1.30. The van der Waals surface area contributed by atoms with Crippen LogP contribution in [0, 0.1) is 11.3 Å². The summed E-state index contributed by atoms with van der Waals surface area (Å²) in [4.78, 5) is 17.7. The molecule has 0 saturated carbocycles. The number of rotatable bonds is 6. The minimum atomic E-state index is -0.479. The van der Waals surface area contributed by atoms with Gasteiger partial charge in [-0.1, -0.05) is 48.5 Å². The summed E-state index contributed by atoms with van der Waals surface area (Å²) in [7, 11) is 1.62. The second kappa shape index (κ2) is 10.9. The molecule has 206 valence electrons. The third-order valence-electron chi connectivity index (χ3n) is 7.20. The lowest BCUT2D eigenvalue weighted by molar-refractivity contribution is 0.415. The number of allylic oxidation sites excluding steroid dienone is 1. The van der Waals surface area contributed by atoms with Crippen LogP contribution in [0.5, 0.6) is 5.75 Å². The maximum absolute atomic E-state index is 13.0. The van der Waals surface area contributed by atoms with Crippen molar-refractivity contribution >= 4 is 44.7 Å². The molecule has 4 aromatic carbocycles. The van der Waals surface area contributed by atoms with Gasteiger partial charge in [0.1, 0.15) is 22.4 Å². The highest BCUT2D eigenvalue weighted by atomic mass is 32.1. The molecule has 7 aromatic rings. The van der Waals surface area contributed by atoms with Crippen LogP contribution in [0.2, 0.25) is 0 Å². The number of thiazole rings is 1. The Kier molecular flexibility index (Phi) is 6.62. The Morgan fingerprint density at radius 1 is 0.977 bits per heavy atom. The molecular weight excluding hydrogens is 556 g/mol.